The molecule has 0 amide bonds. The van der Waals surface area contributed by atoms with Gasteiger partial charge < -0.3 is 0 Å². The maximum absolute atomic E-state index is 3.77. The fourth-order valence-corrected chi connectivity index (χ4v) is 2.35. The summed E-state index contributed by atoms with van der Waals surface area (Å²) in [5.41, 5.74) is 2.80. The lowest BCUT2D eigenvalue weighted by molar-refractivity contribution is 0.547. The van der Waals surface area contributed by atoms with Gasteiger partial charge in [-0.1, -0.05) is 59.6 Å². The van der Waals surface area contributed by atoms with Gasteiger partial charge in [0.15, 0.2) is 0 Å². The molecule has 0 radical (unpaired) electrons. The molecule has 1 atom stereocenters. The van der Waals surface area contributed by atoms with Gasteiger partial charge in [-0.25, -0.2) is 0 Å². The normalized spacial score (nSPS) is 13.1. The van der Waals surface area contributed by atoms with Gasteiger partial charge in [0, 0.05) is 4.83 Å². The molecule has 0 aliphatic carbocycles. The van der Waals surface area contributed by atoms with E-state index in [9.17, 15) is 0 Å². The van der Waals surface area contributed by atoms with Crippen molar-refractivity contribution in [3.05, 3.63) is 35.4 Å². The van der Waals surface area contributed by atoms with Crippen LogP contribution in [0.2, 0.25) is 0 Å². The number of benzene rings is 1. The van der Waals surface area contributed by atoms with Gasteiger partial charge in [-0.3, -0.25) is 0 Å². The zero-order valence-electron chi connectivity index (χ0n) is 9.96. The third-order valence-electron chi connectivity index (χ3n) is 2.60. The van der Waals surface area contributed by atoms with Crippen molar-refractivity contribution in [3.63, 3.8) is 0 Å². The molecule has 0 saturated carbocycles. The zero-order chi connectivity index (χ0) is 11.3. The minimum atomic E-state index is 0.627. The van der Waals surface area contributed by atoms with E-state index in [0.29, 0.717) is 4.83 Å². The van der Waals surface area contributed by atoms with Crippen molar-refractivity contribution in [2.24, 2.45) is 5.92 Å². The van der Waals surface area contributed by atoms with Crippen molar-refractivity contribution in [2.75, 3.05) is 0 Å². The van der Waals surface area contributed by atoms with Gasteiger partial charge in [0.05, 0.1) is 0 Å². The van der Waals surface area contributed by atoms with Crippen LogP contribution in [0.5, 0.6) is 0 Å². The lowest BCUT2D eigenvalue weighted by Gasteiger charge is -2.11. The van der Waals surface area contributed by atoms with E-state index in [4.69, 9.17) is 0 Å². The van der Waals surface area contributed by atoms with E-state index in [-0.39, 0.29) is 0 Å². The van der Waals surface area contributed by atoms with Crippen LogP contribution in [0.3, 0.4) is 0 Å². The Kier molecular flexibility index (Phi) is 5.38. The minimum Gasteiger partial charge on any atom is -0.0887 e. The van der Waals surface area contributed by atoms with Gasteiger partial charge in [-0.15, -0.1) is 0 Å². The second-order valence-corrected chi connectivity index (χ2v) is 6.06. The molecule has 1 unspecified atom stereocenters. The van der Waals surface area contributed by atoms with Crippen molar-refractivity contribution in [3.8, 4) is 0 Å². The number of hydrogen-bond acceptors (Lipinski definition) is 0. The lowest BCUT2D eigenvalue weighted by Crippen LogP contribution is -2.04. The van der Waals surface area contributed by atoms with Crippen LogP contribution in [0.15, 0.2) is 24.3 Å². The highest BCUT2D eigenvalue weighted by Gasteiger charge is 2.06. The van der Waals surface area contributed by atoms with E-state index < -0.39 is 0 Å². The summed E-state index contributed by atoms with van der Waals surface area (Å²) >= 11 is 3.77. The fraction of sp³-hybridized carbons (Fsp3) is 0.571. The molecular weight excluding hydrogens is 248 g/mol. The summed E-state index contributed by atoms with van der Waals surface area (Å²) in [4.78, 5) is 0.627. The molecule has 0 saturated heterocycles. The van der Waals surface area contributed by atoms with Gasteiger partial charge in [-0.2, -0.15) is 0 Å². The Morgan fingerprint density at radius 2 is 1.93 bits per heavy atom. The van der Waals surface area contributed by atoms with E-state index >= 15 is 0 Å². The van der Waals surface area contributed by atoms with Gasteiger partial charge in [-0.05, 0) is 37.7 Å². The zero-order valence-corrected chi connectivity index (χ0v) is 11.5. The first kappa shape index (κ1) is 12.8. The quantitative estimate of drug-likeness (QED) is 0.677. The third kappa shape index (κ3) is 5.36. The third-order valence-corrected chi connectivity index (χ3v) is 3.38. The maximum atomic E-state index is 3.77. The topological polar surface area (TPSA) is 0 Å². The van der Waals surface area contributed by atoms with E-state index in [1.807, 2.05) is 0 Å². The maximum Gasteiger partial charge on any atom is 0.0186 e. The monoisotopic (exact) mass is 268 g/mol. The molecule has 0 N–H and O–H groups in total. The smallest absolute Gasteiger partial charge is 0.0186 e. The van der Waals surface area contributed by atoms with E-state index in [0.717, 1.165) is 12.3 Å². The summed E-state index contributed by atoms with van der Waals surface area (Å²) in [5.74, 6) is 0.808. The first-order valence-electron chi connectivity index (χ1n) is 5.77. The molecule has 0 aromatic heterocycles. The number of aryl methyl sites for hydroxylation is 1. The molecule has 1 aromatic carbocycles. The molecule has 0 fully saturated rings. The molecular formula is C14H21Br. The van der Waals surface area contributed by atoms with Gasteiger partial charge in [0.25, 0.3) is 0 Å². The van der Waals surface area contributed by atoms with Crippen molar-refractivity contribution >= 4 is 15.9 Å². The summed E-state index contributed by atoms with van der Waals surface area (Å²) in [7, 11) is 0. The van der Waals surface area contributed by atoms with Crippen molar-refractivity contribution in [2.45, 2.75) is 44.9 Å². The highest BCUT2D eigenvalue weighted by Crippen LogP contribution is 2.18. The Hall–Kier alpha value is -0.300. The molecule has 15 heavy (non-hydrogen) atoms. The van der Waals surface area contributed by atoms with E-state index in [1.54, 1.807) is 0 Å². The predicted molar refractivity (Wildman–Crippen MR) is 71.7 cm³/mol. The molecule has 1 heteroatoms. The Labute approximate surface area is 102 Å². The summed E-state index contributed by atoms with van der Waals surface area (Å²) in [6.07, 6.45) is 3.72. The molecule has 0 aliphatic heterocycles. The summed E-state index contributed by atoms with van der Waals surface area (Å²) in [6, 6.07) is 8.80. The van der Waals surface area contributed by atoms with Gasteiger partial charge in [0.2, 0.25) is 0 Å². The second-order valence-electron chi connectivity index (χ2n) is 4.76. The molecule has 1 rings (SSSR count). The first-order valence-corrected chi connectivity index (χ1v) is 6.69. The largest absolute Gasteiger partial charge is 0.0887 e. The lowest BCUT2D eigenvalue weighted by atomic mass is 10.0. The first-order chi connectivity index (χ1) is 7.08. The Balaban J connectivity index is 2.40. The molecule has 84 valence electrons. The summed E-state index contributed by atoms with van der Waals surface area (Å²) in [6.45, 7) is 6.72. The highest BCUT2D eigenvalue weighted by atomic mass is 79.9. The van der Waals surface area contributed by atoms with Crippen molar-refractivity contribution in [1.82, 2.24) is 0 Å². The molecule has 0 aliphatic rings. The molecule has 1 aromatic rings. The molecule has 0 spiro atoms. The van der Waals surface area contributed by atoms with Crippen molar-refractivity contribution < 1.29 is 0 Å². The molecule has 0 heterocycles. The van der Waals surface area contributed by atoms with E-state index in [2.05, 4.69) is 61.0 Å². The average molecular weight is 269 g/mol. The van der Waals surface area contributed by atoms with Crippen LogP contribution in [0.25, 0.3) is 0 Å². The fourth-order valence-electron chi connectivity index (χ4n) is 1.71. The van der Waals surface area contributed by atoms with Crippen LogP contribution in [-0.2, 0) is 6.42 Å². The van der Waals surface area contributed by atoms with Crippen LogP contribution in [0, 0.1) is 12.8 Å². The summed E-state index contributed by atoms with van der Waals surface area (Å²) in [5, 5.41) is 0. The number of alkyl halides is 1. The summed E-state index contributed by atoms with van der Waals surface area (Å²) < 4.78 is 0. The average Bonchev–Trinajstić information content (AvgIpc) is 2.15. The Bertz CT molecular complexity index is 291. The van der Waals surface area contributed by atoms with E-state index in [1.165, 1.54) is 24.0 Å². The van der Waals surface area contributed by atoms with Gasteiger partial charge in [0.1, 0.15) is 0 Å². The van der Waals surface area contributed by atoms with Gasteiger partial charge >= 0.3 is 0 Å². The Morgan fingerprint density at radius 3 is 2.53 bits per heavy atom. The molecule has 0 bridgehead atoms. The Morgan fingerprint density at radius 1 is 1.20 bits per heavy atom. The predicted octanol–water partition coefficient (Wildman–Crippen LogP) is 4.74. The SMILES string of the molecule is Cc1cccc(CC(Br)CCC(C)C)c1. The van der Waals surface area contributed by atoms with Crippen LogP contribution >= 0.6 is 15.9 Å². The number of halogens is 1. The van der Waals surface area contributed by atoms with Crippen LogP contribution in [0.4, 0.5) is 0 Å². The highest BCUT2D eigenvalue weighted by molar-refractivity contribution is 9.09. The minimum absolute atomic E-state index is 0.627. The second kappa shape index (κ2) is 6.32. The van der Waals surface area contributed by atoms with Crippen LogP contribution < -0.4 is 0 Å². The number of rotatable bonds is 5. The van der Waals surface area contributed by atoms with Crippen LogP contribution in [0.1, 0.15) is 37.8 Å². The van der Waals surface area contributed by atoms with Crippen LogP contribution in [-0.4, -0.2) is 4.83 Å². The number of hydrogen-bond donors (Lipinski definition) is 0. The standard InChI is InChI=1S/C14H21Br/c1-11(2)7-8-14(15)10-13-6-4-5-12(3)9-13/h4-6,9,11,14H,7-8,10H2,1-3H3. The van der Waals surface area contributed by atoms with Crippen molar-refractivity contribution in [1.29, 1.82) is 0 Å². The molecule has 0 nitrogen and oxygen atoms in total.